The van der Waals surface area contributed by atoms with Crippen LogP contribution in [0.15, 0.2) is 35.5 Å². The van der Waals surface area contributed by atoms with E-state index in [0.29, 0.717) is 17.1 Å². The number of nitrogens with one attached hydrogen (secondary N) is 1. The quantitative estimate of drug-likeness (QED) is 0.602. The molecule has 0 atom stereocenters. The molecule has 3 aromatic rings. The van der Waals surface area contributed by atoms with Gasteiger partial charge in [0.25, 0.3) is 0 Å². The van der Waals surface area contributed by atoms with Crippen LogP contribution in [0.1, 0.15) is 0 Å². The van der Waals surface area contributed by atoms with Gasteiger partial charge in [0, 0.05) is 44.1 Å². The minimum Gasteiger partial charge on any atom is -0.338 e. The number of hydrogen-bond donors (Lipinski definition) is 2. The molecule has 1 fully saturated rings. The number of hydrogen-bond acceptors (Lipinski definition) is 9. The summed E-state index contributed by atoms with van der Waals surface area (Å²) < 4.78 is 24.1. The lowest BCUT2D eigenvalue weighted by molar-refractivity contribution is 0.311. The fourth-order valence-corrected chi connectivity index (χ4v) is 3.89. The molecule has 4 rings (SSSR count). The number of nitrogens with zero attached hydrogens (tertiary/aromatic N) is 7. The van der Waals surface area contributed by atoms with Crippen molar-refractivity contribution in [1.29, 1.82) is 0 Å². The van der Waals surface area contributed by atoms with Crippen molar-refractivity contribution in [3.8, 4) is 22.5 Å². The van der Waals surface area contributed by atoms with Crippen molar-refractivity contribution in [3.63, 3.8) is 0 Å². The molecule has 1 aromatic carbocycles. The number of H-pyrrole nitrogens is 1. The highest BCUT2D eigenvalue weighted by Crippen LogP contribution is 2.34. The highest BCUT2D eigenvalue weighted by molar-refractivity contribution is 7.89. The molecule has 11 nitrogen and oxygen atoms in total. The van der Waals surface area contributed by atoms with E-state index in [-0.39, 0.29) is 16.3 Å². The zero-order valence-electron chi connectivity index (χ0n) is 15.1. The van der Waals surface area contributed by atoms with Crippen molar-refractivity contribution < 1.29 is 8.42 Å². The van der Waals surface area contributed by atoms with E-state index in [2.05, 4.69) is 47.4 Å². The van der Waals surface area contributed by atoms with Crippen LogP contribution in [0.25, 0.3) is 22.5 Å². The first-order chi connectivity index (χ1) is 13.4. The van der Waals surface area contributed by atoms with Gasteiger partial charge in [-0.25, -0.2) is 23.5 Å². The molecule has 2 aromatic heterocycles. The molecule has 28 heavy (non-hydrogen) atoms. The maximum atomic E-state index is 12.1. The second kappa shape index (κ2) is 7.22. The standard InChI is InChI=1S/C16H19N9O2S/c1-24-5-7-25(8-6-24)16-18-9-11(10-19-16)12-3-2-4-13(28(17,26)27)14(12)15-20-22-23-21-15/h2-4,9-10H,5-8H2,1H3,(H2,17,26,27)(H,20,21,22,23). The Hall–Kier alpha value is -2.96. The third kappa shape index (κ3) is 3.56. The summed E-state index contributed by atoms with van der Waals surface area (Å²) in [6, 6.07) is 4.76. The number of piperazine rings is 1. The first kappa shape index (κ1) is 18.4. The molecule has 1 saturated heterocycles. The van der Waals surface area contributed by atoms with Gasteiger partial charge in [-0.2, -0.15) is 5.21 Å². The predicted octanol–water partition coefficient (Wildman–Crippen LogP) is -0.277. The number of sulfonamides is 1. The minimum atomic E-state index is -4.00. The van der Waals surface area contributed by atoms with Crippen LogP contribution in [0.4, 0.5) is 5.95 Å². The van der Waals surface area contributed by atoms with Crippen molar-refractivity contribution >= 4 is 16.0 Å². The van der Waals surface area contributed by atoms with Crippen molar-refractivity contribution in [2.45, 2.75) is 4.90 Å². The number of aromatic nitrogens is 6. The average molecular weight is 401 g/mol. The molecule has 3 N–H and O–H groups in total. The van der Waals surface area contributed by atoms with Crippen LogP contribution in [-0.4, -0.2) is 77.1 Å². The first-order valence-electron chi connectivity index (χ1n) is 8.59. The fraction of sp³-hybridized carbons (Fsp3) is 0.312. The minimum absolute atomic E-state index is 0.0884. The normalized spacial score (nSPS) is 15.7. The van der Waals surface area contributed by atoms with Gasteiger partial charge >= 0.3 is 0 Å². The Balaban J connectivity index is 1.75. The molecule has 0 unspecified atom stereocenters. The molecule has 0 saturated carbocycles. The fourth-order valence-electron chi connectivity index (χ4n) is 3.14. The number of rotatable bonds is 4. The number of primary sulfonamides is 1. The molecule has 0 spiro atoms. The van der Waals surface area contributed by atoms with Gasteiger partial charge in [-0.1, -0.05) is 12.1 Å². The molecule has 0 radical (unpaired) electrons. The van der Waals surface area contributed by atoms with E-state index in [1.165, 1.54) is 6.07 Å². The largest absolute Gasteiger partial charge is 0.338 e. The maximum absolute atomic E-state index is 12.1. The van der Waals surface area contributed by atoms with Crippen LogP contribution in [0.5, 0.6) is 0 Å². The van der Waals surface area contributed by atoms with E-state index in [0.717, 1.165) is 26.2 Å². The average Bonchev–Trinajstić information content (AvgIpc) is 3.22. The van der Waals surface area contributed by atoms with Crippen molar-refractivity contribution in [3.05, 3.63) is 30.6 Å². The smallest absolute Gasteiger partial charge is 0.238 e. The number of likely N-dealkylation sites (N-methyl/N-ethyl adjacent to an activating group) is 1. The Kier molecular flexibility index (Phi) is 4.75. The Morgan fingerprint density at radius 1 is 1.11 bits per heavy atom. The van der Waals surface area contributed by atoms with Gasteiger partial charge < -0.3 is 9.80 Å². The lowest BCUT2D eigenvalue weighted by atomic mass is 10.0. The zero-order chi connectivity index (χ0) is 19.7. The van der Waals surface area contributed by atoms with Gasteiger partial charge in [0.2, 0.25) is 21.8 Å². The Labute approximate surface area is 161 Å². The van der Waals surface area contributed by atoms with Crippen LogP contribution >= 0.6 is 0 Å². The summed E-state index contributed by atoms with van der Waals surface area (Å²) in [6.07, 6.45) is 3.32. The van der Waals surface area contributed by atoms with Crippen molar-refractivity contribution in [2.75, 3.05) is 38.1 Å². The molecule has 146 valence electrons. The summed E-state index contributed by atoms with van der Waals surface area (Å²) in [4.78, 5) is 13.2. The van der Waals surface area contributed by atoms with E-state index >= 15 is 0 Å². The predicted molar refractivity (Wildman–Crippen MR) is 102 cm³/mol. The summed E-state index contributed by atoms with van der Waals surface area (Å²) in [7, 11) is -1.91. The summed E-state index contributed by atoms with van der Waals surface area (Å²) in [6.45, 7) is 3.60. The highest BCUT2D eigenvalue weighted by Gasteiger charge is 2.23. The number of benzene rings is 1. The molecular weight excluding hydrogens is 382 g/mol. The Bertz CT molecular complexity index is 1060. The molecule has 0 aliphatic carbocycles. The Morgan fingerprint density at radius 3 is 2.43 bits per heavy atom. The third-order valence-corrected chi connectivity index (χ3v) is 5.59. The van der Waals surface area contributed by atoms with E-state index in [4.69, 9.17) is 5.14 Å². The van der Waals surface area contributed by atoms with E-state index in [1.807, 2.05) is 0 Å². The van der Waals surface area contributed by atoms with Crippen LogP contribution in [0.2, 0.25) is 0 Å². The molecule has 1 aliphatic heterocycles. The van der Waals surface area contributed by atoms with Gasteiger partial charge in [0.05, 0.1) is 10.5 Å². The monoisotopic (exact) mass is 401 g/mol. The highest BCUT2D eigenvalue weighted by atomic mass is 32.2. The second-order valence-corrected chi connectivity index (χ2v) is 8.05. The summed E-state index contributed by atoms with van der Waals surface area (Å²) in [5.41, 5.74) is 1.44. The third-order valence-electron chi connectivity index (χ3n) is 4.64. The lowest BCUT2D eigenvalue weighted by Gasteiger charge is -2.32. The summed E-state index contributed by atoms with van der Waals surface area (Å²) in [5.74, 6) is 0.767. The molecule has 3 heterocycles. The van der Waals surface area contributed by atoms with Crippen molar-refractivity contribution in [2.24, 2.45) is 5.14 Å². The van der Waals surface area contributed by atoms with E-state index in [1.54, 1.807) is 24.5 Å². The zero-order valence-corrected chi connectivity index (χ0v) is 16.0. The maximum Gasteiger partial charge on any atom is 0.238 e. The molecule has 12 heteroatoms. The lowest BCUT2D eigenvalue weighted by Crippen LogP contribution is -2.45. The molecule has 0 bridgehead atoms. The van der Waals surface area contributed by atoms with Crippen LogP contribution < -0.4 is 10.0 Å². The summed E-state index contributed by atoms with van der Waals surface area (Å²) >= 11 is 0. The summed E-state index contributed by atoms with van der Waals surface area (Å²) in [5, 5.41) is 19.1. The van der Waals surface area contributed by atoms with Gasteiger partial charge in [-0.3, -0.25) is 0 Å². The first-order valence-corrected chi connectivity index (χ1v) is 10.1. The Morgan fingerprint density at radius 2 is 1.82 bits per heavy atom. The second-order valence-electron chi connectivity index (χ2n) is 6.52. The van der Waals surface area contributed by atoms with E-state index < -0.39 is 10.0 Å². The SMILES string of the molecule is CN1CCN(c2ncc(-c3cccc(S(N)(=O)=O)c3-c3nn[nH]n3)cn2)CC1. The van der Waals surface area contributed by atoms with Crippen LogP contribution in [-0.2, 0) is 10.0 Å². The van der Waals surface area contributed by atoms with Gasteiger partial charge in [0.15, 0.2) is 0 Å². The topological polar surface area (TPSA) is 147 Å². The van der Waals surface area contributed by atoms with Crippen LogP contribution in [0.3, 0.4) is 0 Å². The number of nitrogens with two attached hydrogens (primary N) is 1. The molecular formula is C16H19N9O2S. The number of anilines is 1. The van der Waals surface area contributed by atoms with Crippen molar-refractivity contribution in [1.82, 2.24) is 35.5 Å². The van der Waals surface area contributed by atoms with Gasteiger partial charge in [-0.15, -0.1) is 10.2 Å². The van der Waals surface area contributed by atoms with E-state index in [9.17, 15) is 8.42 Å². The van der Waals surface area contributed by atoms with Crippen LogP contribution in [0, 0.1) is 0 Å². The van der Waals surface area contributed by atoms with Gasteiger partial charge in [0.1, 0.15) is 0 Å². The number of tetrazole rings is 1. The van der Waals surface area contributed by atoms with Gasteiger partial charge in [-0.05, 0) is 23.9 Å². The number of aromatic amines is 1. The molecule has 0 amide bonds. The molecule has 1 aliphatic rings.